The molecule has 0 aliphatic heterocycles. The van der Waals surface area contributed by atoms with E-state index in [0.717, 1.165) is 34.5 Å². The molecule has 2 aromatic carbocycles. The number of hydrogen-bond donors (Lipinski definition) is 0. The first-order valence-corrected chi connectivity index (χ1v) is 10.6. The molecule has 0 unspecified atom stereocenters. The van der Waals surface area contributed by atoms with E-state index in [-0.39, 0.29) is 11.2 Å². The van der Waals surface area contributed by atoms with Crippen molar-refractivity contribution in [3.63, 3.8) is 0 Å². The predicted molar refractivity (Wildman–Crippen MR) is 124 cm³/mol. The number of ether oxygens (including phenoxy) is 1. The van der Waals surface area contributed by atoms with Gasteiger partial charge in [-0.05, 0) is 53.6 Å². The topological polar surface area (TPSA) is 27.1 Å². The molecule has 0 N–H and O–H groups in total. The molecule has 31 heavy (non-hydrogen) atoms. The third-order valence-electron chi connectivity index (χ3n) is 5.93. The summed E-state index contributed by atoms with van der Waals surface area (Å²) in [6.07, 6.45) is 1.79. The van der Waals surface area contributed by atoms with Crippen molar-refractivity contribution in [2.45, 2.75) is 53.2 Å². The van der Waals surface area contributed by atoms with Gasteiger partial charge in [-0.2, -0.15) is 0 Å². The summed E-state index contributed by atoms with van der Waals surface area (Å²) in [5, 5.41) is 0. The SMILES string of the molecule is Cc1c(C)n(Cc2ccc(C(C)(C)C)cc2)c2c(OCc3ccc(F)cc3)ccnc12. The molecule has 0 saturated heterocycles. The van der Waals surface area contributed by atoms with Crippen LogP contribution in [0, 0.1) is 19.7 Å². The molecule has 3 nitrogen and oxygen atoms in total. The Labute approximate surface area is 183 Å². The maximum Gasteiger partial charge on any atom is 0.147 e. The number of pyridine rings is 1. The summed E-state index contributed by atoms with van der Waals surface area (Å²) in [5.74, 6) is 0.546. The zero-order valence-electron chi connectivity index (χ0n) is 18.9. The van der Waals surface area contributed by atoms with Gasteiger partial charge in [0.25, 0.3) is 0 Å². The molecular formula is C27H29FN2O. The minimum absolute atomic E-state index is 0.135. The van der Waals surface area contributed by atoms with Crippen LogP contribution >= 0.6 is 0 Å². The Morgan fingerprint density at radius 3 is 2.19 bits per heavy atom. The summed E-state index contributed by atoms with van der Waals surface area (Å²) >= 11 is 0. The van der Waals surface area contributed by atoms with E-state index < -0.39 is 0 Å². The van der Waals surface area contributed by atoms with Gasteiger partial charge in [-0.3, -0.25) is 4.98 Å². The lowest BCUT2D eigenvalue weighted by molar-refractivity contribution is 0.308. The number of halogens is 1. The summed E-state index contributed by atoms with van der Waals surface area (Å²) in [6, 6.07) is 17.2. The molecule has 0 aliphatic rings. The molecular weight excluding hydrogens is 387 g/mol. The van der Waals surface area contributed by atoms with Gasteiger partial charge in [0.1, 0.15) is 23.7 Å². The summed E-state index contributed by atoms with van der Waals surface area (Å²) < 4.78 is 21.7. The van der Waals surface area contributed by atoms with E-state index in [9.17, 15) is 4.39 Å². The standard InChI is InChI=1S/C27H29FN2O/c1-18-19(2)30(16-20-6-10-22(11-7-20)27(3,4)5)26-24(14-15-29-25(18)26)31-17-21-8-12-23(28)13-9-21/h6-15H,16-17H2,1-5H3. The van der Waals surface area contributed by atoms with Crippen LogP contribution in [0.2, 0.25) is 0 Å². The molecule has 0 bridgehead atoms. The lowest BCUT2D eigenvalue weighted by Crippen LogP contribution is -2.11. The van der Waals surface area contributed by atoms with Crippen LogP contribution in [0.25, 0.3) is 11.0 Å². The molecule has 2 aromatic heterocycles. The van der Waals surface area contributed by atoms with Gasteiger partial charge >= 0.3 is 0 Å². The number of aromatic nitrogens is 2. The average Bonchev–Trinajstić information content (AvgIpc) is 2.98. The van der Waals surface area contributed by atoms with Gasteiger partial charge in [0.05, 0.1) is 5.52 Å². The average molecular weight is 417 g/mol. The van der Waals surface area contributed by atoms with Gasteiger partial charge in [-0.1, -0.05) is 57.2 Å². The maximum absolute atomic E-state index is 13.2. The highest BCUT2D eigenvalue weighted by Crippen LogP contribution is 2.32. The van der Waals surface area contributed by atoms with Crippen molar-refractivity contribution >= 4 is 11.0 Å². The fraction of sp³-hybridized carbons (Fsp3) is 0.296. The van der Waals surface area contributed by atoms with E-state index in [4.69, 9.17) is 4.74 Å². The van der Waals surface area contributed by atoms with Gasteiger partial charge < -0.3 is 9.30 Å². The van der Waals surface area contributed by atoms with E-state index in [1.807, 2.05) is 6.07 Å². The lowest BCUT2D eigenvalue weighted by Gasteiger charge is -2.19. The van der Waals surface area contributed by atoms with Crippen molar-refractivity contribution in [1.29, 1.82) is 0 Å². The number of benzene rings is 2. The van der Waals surface area contributed by atoms with Crippen LogP contribution < -0.4 is 4.74 Å². The highest BCUT2D eigenvalue weighted by molar-refractivity contribution is 5.86. The predicted octanol–water partition coefficient (Wildman–Crippen LogP) is 6.72. The zero-order chi connectivity index (χ0) is 22.2. The first-order chi connectivity index (χ1) is 14.7. The van der Waals surface area contributed by atoms with Crippen LogP contribution in [0.4, 0.5) is 4.39 Å². The summed E-state index contributed by atoms with van der Waals surface area (Å²) in [5.41, 5.74) is 7.92. The van der Waals surface area contributed by atoms with Crippen LogP contribution in [-0.2, 0) is 18.6 Å². The van der Waals surface area contributed by atoms with Gasteiger partial charge in [0.2, 0.25) is 0 Å². The number of fused-ring (bicyclic) bond motifs is 1. The first-order valence-electron chi connectivity index (χ1n) is 10.6. The third-order valence-corrected chi connectivity index (χ3v) is 5.93. The quantitative estimate of drug-likeness (QED) is 0.361. The minimum Gasteiger partial charge on any atom is -0.487 e. The molecule has 4 aromatic rings. The highest BCUT2D eigenvalue weighted by Gasteiger charge is 2.18. The van der Waals surface area contributed by atoms with Crippen molar-refractivity contribution < 1.29 is 9.13 Å². The van der Waals surface area contributed by atoms with Crippen LogP contribution in [0.5, 0.6) is 5.75 Å². The Bertz CT molecular complexity index is 1200. The zero-order valence-corrected chi connectivity index (χ0v) is 18.9. The van der Waals surface area contributed by atoms with E-state index in [1.54, 1.807) is 18.3 Å². The van der Waals surface area contributed by atoms with Crippen LogP contribution in [0.1, 0.15) is 48.7 Å². The monoisotopic (exact) mass is 416 g/mol. The molecule has 4 heteroatoms. The Morgan fingerprint density at radius 2 is 1.55 bits per heavy atom. The Balaban J connectivity index is 1.68. The molecule has 0 aliphatic carbocycles. The second-order valence-corrected chi connectivity index (χ2v) is 9.16. The largest absolute Gasteiger partial charge is 0.487 e. The number of hydrogen-bond acceptors (Lipinski definition) is 2. The van der Waals surface area contributed by atoms with E-state index in [0.29, 0.717) is 6.61 Å². The molecule has 0 spiro atoms. The fourth-order valence-corrected chi connectivity index (χ4v) is 3.86. The lowest BCUT2D eigenvalue weighted by atomic mass is 9.87. The van der Waals surface area contributed by atoms with Gasteiger partial charge in [0.15, 0.2) is 0 Å². The van der Waals surface area contributed by atoms with Crippen LogP contribution in [0.15, 0.2) is 60.8 Å². The Hall–Kier alpha value is -3.14. The molecule has 0 fully saturated rings. The maximum atomic E-state index is 13.2. The second kappa shape index (κ2) is 8.18. The minimum atomic E-state index is -0.243. The molecule has 160 valence electrons. The van der Waals surface area contributed by atoms with E-state index in [2.05, 4.69) is 68.4 Å². The van der Waals surface area contributed by atoms with Crippen molar-refractivity contribution in [2.75, 3.05) is 0 Å². The van der Waals surface area contributed by atoms with Crippen molar-refractivity contribution in [3.8, 4) is 5.75 Å². The fourth-order valence-electron chi connectivity index (χ4n) is 3.86. The van der Waals surface area contributed by atoms with E-state index in [1.165, 1.54) is 29.0 Å². The third kappa shape index (κ3) is 4.34. The molecule has 2 heterocycles. The molecule has 4 rings (SSSR count). The van der Waals surface area contributed by atoms with Crippen molar-refractivity contribution in [3.05, 3.63) is 94.6 Å². The summed E-state index contributed by atoms with van der Waals surface area (Å²) in [6.45, 7) is 12.0. The van der Waals surface area contributed by atoms with Gasteiger partial charge in [-0.25, -0.2) is 4.39 Å². The van der Waals surface area contributed by atoms with Crippen molar-refractivity contribution in [2.24, 2.45) is 0 Å². The number of rotatable bonds is 5. The molecule has 0 atom stereocenters. The highest BCUT2D eigenvalue weighted by atomic mass is 19.1. The normalized spacial score (nSPS) is 11.8. The Kier molecular flexibility index (Phi) is 5.57. The molecule has 0 amide bonds. The second-order valence-electron chi connectivity index (χ2n) is 9.16. The van der Waals surface area contributed by atoms with Crippen LogP contribution in [-0.4, -0.2) is 9.55 Å². The van der Waals surface area contributed by atoms with Crippen LogP contribution in [0.3, 0.4) is 0 Å². The Morgan fingerprint density at radius 1 is 0.903 bits per heavy atom. The summed E-state index contributed by atoms with van der Waals surface area (Å²) in [4.78, 5) is 4.63. The first kappa shape index (κ1) is 21.1. The van der Waals surface area contributed by atoms with E-state index >= 15 is 0 Å². The molecule has 0 saturated carbocycles. The smallest absolute Gasteiger partial charge is 0.147 e. The van der Waals surface area contributed by atoms with Gasteiger partial charge in [-0.15, -0.1) is 0 Å². The molecule has 0 radical (unpaired) electrons. The van der Waals surface area contributed by atoms with Gasteiger partial charge in [0, 0.05) is 24.5 Å². The van der Waals surface area contributed by atoms with Crippen molar-refractivity contribution in [1.82, 2.24) is 9.55 Å². The summed E-state index contributed by atoms with van der Waals surface area (Å²) in [7, 11) is 0. The number of nitrogens with zero attached hydrogens (tertiary/aromatic N) is 2. The number of aryl methyl sites for hydroxylation is 1.